The molecular formula is C14H11Br2NO4. The number of carboxylic acid groups (broad SMARTS) is 1. The van der Waals surface area contributed by atoms with Crippen molar-refractivity contribution in [3.05, 3.63) is 39.3 Å². The third-order valence-electron chi connectivity index (χ3n) is 3.68. The zero-order chi connectivity index (χ0) is 15.1. The predicted octanol–water partition coefficient (Wildman–Crippen LogP) is 2.80. The largest absolute Gasteiger partial charge is 0.481 e. The quantitative estimate of drug-likeness (QED) is 0.743. The van der Waals surface area contributed by atoms with Crippen molar-refractivity contribution in [3.63, 3.8) is 0 Å². The smallest absolute Gasteiger partial charge is 0.310 e. The zero-order valence-electron chi connectivity index (χ0n) is 10.6. The zero-order valence-corrected chi connectivity index (χ0v) is 13.8. The number of carbonyl (C=O) groups excluding carboxylic acids is 1. The maximum atomic E-state index is 12.4. The fraction of sp³-hybridized carbons (Fsp3) is 0.286. The lowest BCUT2D eigenvalue weighted by Gasteiger charge is -2.21. The molecule has 2 bridgehead atoms. The Morgan fingerprint density at radius 2 is 1.81 bits per heavy atom. The molecule has 21 heavy (non-hydrogen) atoms. The molecule has 0 aliphatic carbocycles. The summed E-state index contributed by atoms with van der Waals surface area (Å²) in [5.41, 5.74) is 0.596. The number of carboxylic acids is 1. The first-order valence-electron chi connectivity index (χ1n) is 6.30. The van der Waals surface area contributed by atoms with E-state index in [4.69, 9.17) is 4.74 Å². The minimum absolute atomic E-state index is 0.345. The number of aliphatic carboxylic acids is 1. The molecule has 2 aliphatic heterocycles. The molecule has 0 radical (unpaired) electrons. The SMILES string of the molecule is O=C(O)[C@@H]1[C@H](C(=O)Nc2ccc(Br)cc2Br)[C@H]2C=C[C@H]1O2. The topological polar surface area (TPSA) is 75.6 Å². The lowest BCUT2D eigenvalue weighted by atomic mass is 9.82. The number of rotatable bonds is 3. The summed E-state index contributed by atoms with van der Waals surface area (Å²) in [7, 11) is 0. The molecule has 0 aromatic heterocycles. The summed E-state index contributed by atoms with van der Waals surface area (Å²) in [6.07, 6.45) is 2.48. The van der Waals surface area contributed by atoms with Gasteiger partial charge in [0.15, 0.2) is 0 Å². The molecule has 1 amide bonds. The van der Waals surface area contributed by atoms with E-state index >= 15 is 0 Å². The van der Waals surface area contributed by atoms with Gasteiger partial charge in [-0.1, -0.05) is 28.1 Å². The Labute approximate surface area is 137 Å². The molecule has 1 saturated heterocycles. The molecular weight excluding hydrogens is 406 g/mol. The van der Waals surface area contributed by atoms with Crippen molar-refractivity contribution >= 4 is 49.4 Å². The molecule has 110 valence electrons. The van der Waals surface area contributed by atoms with Gasteiger partial charge in [-0.05, 0) is 34.1 Å². The molecule has 1 aromatic rings. The van der Waals surface area contributed by atoms with E-state index in [1.165, 1.54) is 0 Å². The van der Waals surface area contributed by atoms with Crippen LogP contribution >= 0.6 is 31.9 Å². The van der Waals surface area contributed by atoms with Crippen LogP contribution in [0.5, 0.6) is 0 Å². The Morgan fingerprint density at radius 1 is 1.14 bits per heavy atom. The highest BCUT2D eigenvalue weighted by atomic mass is 79.9. The third-order valence-corrected chi connectivity index (χ3v) is 4.83. The number of ether oxygens (including phenoxy) is 1. The maximum Gasteiger partial charge on any atom is 0.310 e. The summed E-state index contributed by atoms with van der Waals surface area (Å²) in [6, 6.07) is 5.35. The predicted molar refractivity (Wildman–Crippen MR) is 82.9 cm³/mol. The van der Waals surface area contributed by atoms with E-state index in [1.54, 1.807) is 24.3 Å². The van der Waals surface area contributed by atoms with Crippen LogP contribution in [0.3, 0.4) is 0 Å². The van der Waals surface area contributed by atoms with Crippen molar-refractivity contribution in [3.8, 4) is 0 Å². The molecule has 1 aromatic carbocycles. The fourth-order valence-corrected chi connectivity index (χ4v) is 3.87. The molecule has 7 heteroatoms. The van der Waals surface area contributed by atoms with Gasteiger partial charge in [0, 0.05) is 8.95 Å². The molecule has 2 N–H and O–H groups in total. The van der Waals surface area contributed by atoms with Gasteiger partial charge >= 0.3 is 5.97 Å². The minimum atomic E-state index is -1.01. The lowest BCUT2D eigenvalue weighted by Crippen LogP contribution is -2.39. The Balaban J connectivity index is 1.82. The van der Waals surface area contributed by atoms with Crippen LogP contribution in [-0.2, 0) is 14.3 Å². The van der Waals surface area contributed by atoms with Crippen molar-refractivity contribution in [2.45, 2.75) is 12.2 Å². The van der Waals surface area contributed by atoms with Crippen LogP contribution in [0.2, 0.25) is 0 Å². The van der Waals surface area contributed by atoms with Gasteiger partial charge in [-0.2, -0.15) is 0 Å². The van der Waals surface area contributed by atoms with Crippen molar-refractivity contribution in [1.29, 1.82) is 0 Å². The van der Waals surface area contributed by atoms with Crippen molar-refractivity contribution in [2.75, 3.05) is 5.32 Å². The Hall–Kier alpha value is -1.18. The van der Waals surface area contributed by atoms with Crippen molar-refractivity contribution in [1.82, 2.24) is 0 Å². The summed E-state index contributed by atoms with van der Waals surface area (Å²) < 4.78 is 7.09. The van der Waals surface area contributed by atoms with Gasteiger partial charge in [-0.3, -0.25) is 9.59 Å². The first-order valence-corrected chi connectivity index (χ1v) is 7.88. The Bertz CT molecular complexity index is 646. The van der Waals surface area contributed by atoms with Gasteiger partial charge < -0.3 is 15.2 Å². The molecule has 4 atom stereocenters. The van der Waals surface area contributed by atoms with Gasteiger partial charge in [0.25, 0.3) is 0 Å². The molecule has 0 unspecified atom stereocenters. The van der Waals surface area contributed by atoms with E-state index in [2.05, 4.69) is 37.2 Å². The second-order valence-corrected chi connectivity index (χ2v) is 6.72. The van der Waals surface area contributed by atoms with Gasteiger partial charge in [0.2, 0.25) is 5.91 Å². The summed E-state index contributed by atoms with van der Waals surface area (Å²) in [6.45, 7) is 0. The van der Waals surface area contributed by atoms with Gasteiger partial charge in [0.05, 0.1) is 23.8 Å². The summed E-state index contributed by atoms with van der Waals surface area (Å²) in [4.78, 5) is 23.8. The Kier molecular flexibility index (Phi) is 3.90. The molecule has 2 heterocycles. The second-order valence-electron chi connectivity index (χ2n) is 4.95. The van der Waals surface area contributed by atoms with Crippen LogP contribution in [0.1, 0.15) is 0 Å². The summed E-state index contributed by atoms with van der Waals surface area (Å²) in [5, 5.41) is 12.1. The number of hydrogen-bond donors (Lipinski definition) is 2. The van der Waals surface area contributed by atoms with Crippen LogP contribution in [-0.4, -0.2) is 29.2 Å². The normalized spacial score (nSPS) is 29.6. The molecule has 0 spiro atoms. The number of fused-ring (bicyclic) bond motifs is 2. The number of nitrogens with one attached hydrogen (secondary N) is 1. The first-order chi connectivity index (χ1) is 9.97. The highest BCUT2D eigenvalue weighted by Gasteiger charge is 2.53. The standard InChI is InChI=1S/C14H11Br2NO4/c15-6-1-2-8(7(16)5-6)17-13(18)11-9-3-4-10(21-9)12(11)14(19)20/h1-5,9-12H,(H,17,18)(H,19,20)/t9-,10-,11-,12+/m1/s1. The highest BCUT2D eigenvalue weighted by Crippen LogP contribution is 2.40. The first kappa shape index (κ1) is 14.7. The van der Waals surface area contributed by atoms with Crippen LogP contribution in [0.15, 0.2) is 39.3 Å². The molecule has 2 aliphatic rings. The molecule has 0 saturated carbocycles. The van der Waals surface area contributed by atoms with E-state index < -0.39 is 30.0 Å². The number of carbonyl (C=O) groups is 2. The van der Waals surface area contributed by atoms with Gasteiger partial charge in [-0.15, -0.1) is 0 Å². The van der Waals surface area contributed by atoms with E-state index in [9.17, 15) is 14.7 Å². The highest BCUT2D eigenvalue weighted by molar-refractivity contribution is 9.11. The molecule has 1 fully saturated rings. The van der Waals surface area contributed by atoms with Crippen LogP contribution in [0, 0.1) is 11.8 Å². The van der Waals surface area contributed by atoms with E-state index in [0.717, 1.165) is 8.95 Å². The molecule has 5 nitrogen and oxygen atoms in total. The van der Waals surface area contributed by atoms with Crippen LogP contribution in [0.4, 0.5) is 5.69 Å². The second kappa shape index (κ2) is 5.55. The average Bonchev–Trinajstić information content (AvgIpc) is 3.02. The number of hydrogen-bond acceptors (Lipinski definition) is 3. The van der Waals surface area contributed by atoms with Crippen LogP contribution in [0.25, 0.3) is 0 Å². The van der Waals surface area contributed by atoms with Crippen molar-refractivity contribution in [2.24, 2.45) is 11.8 Å². The minimum Gasteiger partial charge on any atom is -0.481 e. The Morgan fingerprint density at radius 3 is 2.43 bits per heavy atom. The monoisotopic (exact) mass is 415 g/mol. The molecule has 3 rings (SSSR count). The van der Waals surface area contributed by atoms with Crippen molar-refractivity contribution < 1.29 is 19.4 Å². The lowest BCUT2D eigenvalue weighted by molar-refractivity contribution is -0.145. The van der Waals surface area contributed by atoms with Crippen LogP contribution < -0.4 is 5.32 Å². The fourth-order valence-electron chi connectivity index (χ4n) is 2.72. The van der Waals surface area contributed by atoms with Gasteiger partial charge in [0.1, 0.15) is 5.92 Å². The number of benzene rings is 1. The maximum absolute atomic E-state index is 12.4. The number of anilines is 1. The summed E-state index contributed by atoms with van der Waals surface area (Å²) >= 11 is 6.70. The van der Waals surface area contributed by atoms with Gasteiger partial charge in [-0.25, -0.2) is 0 Å². The number of halogens is 2. The van der Waals surface area contributed by atoms with E-state index in [1.807, 2.05) is 6.07 Å². The summed E-state index contributed by atoms with van der Waals surface area (Å²) in [5.74, 6) is -2.91. The third kappa shape index (κ3) is 2.65. The number of amides is 1. The van der Waals surface area contributed by atoms with E-state index in [-0.39, 0.29) is 5.91 Å². The van der Waals surface area contributed by atoms with E-state index in [0.29, 0.717) is 5.69 Å². The average molecular weight is 417 g/mol.